The lowest BCUT2D eigenvalue weighted by Gasteiger charge is -2.71. The summed E-state index contributed by atoms with van der Waals surface area (Å²) in [6.07, 6.45) is 14.6. The van der Waals surface area contributed by atoms with Gasteiger partial charge >= 0.3 is 0 Å². The fraction of sp³-hybridized carbons (Fsp3) is 0.933. The number of fused-ring (bicyclic) bond motifs is 7. The third-order valence-electron chi connectivity index (χ3n) is 13.3. The van der Waals surface area contributed by atoms with Gasteiger partial charge in [-0.2, -0.15) is 0 Å². The standard InChI is InChI=1S/C30H50O/c1-19(2)20-9-12-23-27(20,5)15-17-30(8)24-13-10-21-22(11-14-25(31)26(21,3)4)28(24,6)16-18-29(23,30)7/h10,19-20,22-25,31H,9,11-18H2,1-8H3/t20-,22-,23-,24+,25+,27-,28+,29+,30-/m0/s1. The van der Waals surface area contributed by atoms with Gasteiger partial charge < -0.3 is 5.11 Å². The molecule has 0 unspecified atom stereocenters. The number of allylic oxidation sites excluding steroid dienone is 1. The molecule has 0 heterocycles. The summed E-state index contributed by atoms with van der Waals surface area (Å²) >= 11 is 0. The molecule has 0 spiro atoms. The molecule has 0 saturated heterocycles. The van der Waals surface area contributed by atoms with Gasteiger partial charge in [0.05, 0.1) is 6.10 Å². The van der Waals surface area contributed by atoms with Gasteiger partial charge in [0.15, 0.2) is 0 Å². The Kier molecular flexibility index (Phi) is 4.82. The average Bonchev–Trinajstić information content (AvgIpc) is 3.05. The van der Waals surface area contributed by atoms with E-state index in [9.17, 15) is 5.11 Å². The number of rotatable bonds is 1. The quantitative estimate of drug-likeness (QED) is 0.421. The van der Waals surface area contributed by atoms with Crippen LogP contribution in [0.3, 0.4) is 0 Å². The van der Waals surface area contributed by atoms with Gasteiger partial charge in [-0.15, -0.1) is 0 Å². The van der Waals surface area contributed by atoms with Gasteiger partial charge in [0.2, 0.25) is 0 Å². The van der Waals surface area contributed by atoms with Gasteiger partial charge in [0.25, 0.3) is 0 Å². The molecule has 31 heavy (non-hydrogen) atoms. The van der Waals surface area contributed by atoms with Gasteiger partial charge in [0, 0.05) is 5.41 Å². The van der Waals surface area contributed by atoms with E-state index in [4.69, 9.17) is 0 Å². The summed E-state index contributed by atoms with van der Waals surface area (Å²) in [5.74, 6) is 4.15. The van der Waals surface area contributed by atoms with Crippen molar-refractivity contribution in [1.82, 2.24) is 0 Å². The smallest absolute Gasteiger partial charge is 0.0628 e. The molecule has 176 valence electrons. The first kappa shape index (κ1) is 22.5. The van der Waals surface area contributed by atoms with Crippen molar-refractivity contribution in [2.45, 2.75) is 119 Å². The Morgan fingerprint density at radius 2 is 1.39 bits per heavy atom. The van der Waals surface area contributed by atoms with Crippen molar-refractivity contribution in [3.63, 3.8) is 0 Å². The van der Waals surface area contributed by atoms with Gasteiger partial charge in [-0.1, -0.05) is 67.0 Å². The lowest BCUT2D eigenvalue weighted by atomic mass is 9.33. The second-order valence-electron chi connectivity index (χ2n) is 14.6. The Labute approximate surface area is 192 Å². The normalized spacial score (nSPS) is 55.7. The zero-order valence-electron chi connectivity index (χ0n) is 21.9. The van der Waals surface area contributed by atoms with E-state index in [0.29, 0.717) is 27.6 Å². The maximum atomic E-state index is 10.8. The Balaban J connectivity index is 1.55. The van der Waals surface area contributed by atoms with Crippen molar-refractivity contribution < 1.29 is 5.11 Å². The molecule has 5 aliphatic carbocycles. The maximum Gasteiger partial charge on any atom is 0.0628 e. The van der Waals surface area contributed by atoms with E-state index >= 15 is 0 Å². The van der Waals surface area contributed by atoms with Crippen LogP contribution in [0.5, 0.6) is 0 Å². The number of hydrogen-bond acceptors (Lipinski definition) is 1. The summed E-state index contributed by atoms with van der Waals surface area (Å²) in [5.41, 5.74) is 3.49. The van der Waals surface area contributed by atoms with Gasteiger partial charge in [-0.25, -0.2) is 0 Å². The summed E-state index contributed by atoms with van der Waals surface area (Å²) < 4.78 is 0. The fourth-order valence-corrected chi connectivity index (χ4v) is 11.2. The minimum atomic E-state index is -0.165. The Morgan fingerprint density at radius 3 is 2.03 bits per heavy atom. The third-order valence-corrected chi connectivity index (χ3v) is 13.3. The van der Waals surface area contributed by atoms with E-state index in [1.54, 1.807) is 5.57 Å². The molecule has 0 aliphatic heterocycles. The number of aliphatic hydroxyl groups excluding tert-OH is 1. The highest BCUT2D eigenvalue weighted by molar-refractivity contribution is 5.30. The summed E-state index contributed by atoms with van der Waals surface area (Å²) in [4.78, 5) is 0. The molecule has 0 aromatic heterocycles. The first-order valence-corrected chi connectivity index (χ1v) is 13.7. The van der Waals surface area contributed by atoms with Crippen molar-refractivity contribution in [2.75, 3.05) is 0 Å². The fourth-order valence-electron chi connectivity index (χ4n) is 11.2. The Morgan fingerprint density at radius 1 is 0.774 bits per heavy atom. The van der Waals surface area contributed by atoms with Crippen LogP contribution in [0.25, 0.3) is 0 Å². The highest BCUT2D eigenvalue weighted by Crippen LogP contribution is 2.77. The van der Waals surface area contributed by atoms with Crippen LogP contribution >= 0.6 is 0 Å². The summed E-state index contributed by atoms with van der Waals surface area (Å²) in [6, 6.07) is 0. The van der Waals surface area contributed by atoms with Crippen molar-refractivity contribution in [3.8, 4) is 0 Å². The van der Waals surface area contributed by atoms with Gasteiger partial charge in [-0.3, -0.25) is 0 Å². The SMILES string of the molecule is CC(C)[C@@H]1CC[C@H]2[C@@]1(C)CC[C@@]1(C)[C@@H]3CC=C4[C@H](CC[C@@H](O)C4(C)C)[C@@]3(C)CC[C@]21C. The van der Waals surface area contributed by atoms with Crippen molar-refractivity contribution >= 4 is 0 Å². The number of aliphatic hydroxyl groups is 1. The molecule has 1 heteroatoms. The molecule has 0 aromatic rings. The van der Waals surface area contributed by atoms with Gasteiger partial charge in [-0.05, 0) is 109 Å². The van der Waals surface area contributed by atoms with E-state index in [1.165, 1.54) is 51.4 Å². The second kappa shape index (κ2) is 6.64. The lowest BCUT2D eigenvalue weighted by Crippen LogP contribution is -2.64. The molecule has 0 radical (unpaired) electrons. The van der Waals surface area contributed by atoms with E-state index < -0.39 is 0 Å². The molecule has 1 nitrogen and oxygen atoms in total. The molecule has 4 saturated carbocycles. The zero-order chi connectivity index (χ0) is 22.6. The van der Waals surface area contributed by atoms with Crippen molar-refractivity contribution in [3.05, 3.63) is 11.6 Å². The summed E-state index contributed by atoms with van der Waals surface area (Å²) in [6.45, 7) is 20.4. The van der Waals surface area contributed by atoms with E-state index in [-0.39, 0.29) is 11.5 Å². The predicted molar refractivity (Wildman–Crippen MR) is 131 cm³/mol. The summed E-state index contributed by atoms with van der Waals surface area (Å²) in [7, 11) is 0. The van der Waals surface area contributed by atoms with Crippen LogP contribution in [0.15, 0.2) is 11.6 Å². The highest BCUT2D eigenvalue weighted by atomic mass is 16.3. The van der Waals surface area contributed by atoms with Crippen LogP contribution in [-0.4, -0.2) is 11.2 Å². The number of hydrogen-bond donors (Lipinski definition) is 1. The molecule has 5 rings (SSSR count). The van der Waals surface area contributed by atoms with Crippen molar-refractivity contribution in [2.24, 2.45) is 56.7 Å². The third kappa shape index (κ3) is 2.60. The predicted octanol–water partition coefficient (Wildman–Crippen LogP) is 8.02. The molecule has 1 N–H and O–H groups in total. The monoisotopic (exact) mass is 426 g/mol. The molecule has 0 bridgehead atoms. The summed E-state index contributed by atoms with van der Waals surface area (Å²) in [5, 5.41) is 10.8. The largest absolute Gasteiger partial charge is 0.392 e. The van der Waals surface area contributed by atoms with E-state index in [0.717, 1.165) is 30.1 Å². The highest BCUT2D eigenvalue weighted by Gasteiger charge is 2.70. The maximum absolute atomic E-state index is 10.8. The molecule has 0 amide bonds. The molecule has 4 fully saturated rings. The molecule has 9 atom stereocenters. The van der Waals surface area contributed by atoms with E-state index in [2.05, 4.69) is 61.5 Å². The topological polar surface area (TPSA) is 20.2 Å². The van der Waals surface area contributed by atoms with Crippen LogP contribution in [-0.2, 0) is 0 Å². The van der Waals surface area contributed by atoms with E-state index in [1.807, 2.05) is 0 Å². The molecular weight excluding hydrogens is 376 g/mol. The lowest BCUT2D eigenvalue weighted by molar-refractivity contribution is -0.214. The second-order valence-corrected chi connectivity index (χ2v) is 14.6. The first-order valence-electron chi connectivity index (χ1n) is 13.7. The van der Waals surface area contributed by atoms with Crippen LogP contribution < -0.4 is 0 Å². The molecular formula is C30H50O. The average molecular weight is 427 g/mol. The van der Waals surface area contributed by atoms with Crippen LogP contribution in [0.2, 0.25) is 0 Å². The molecule has 0 aromatic carbocycles. The first-order chi connectivity index (χ1) is 14.3. The van der Waals surface area contributed by atoms with Crippen LogP contribution in [0.1, 0.15) is 113 Å². The minimum absolute atomic E-state index is 0.0420. The zero-order valence-corrected chi connectivity index (χ0v) is 21.9. The van der Waals surface area contributed by atoms with Gasteiger partial charge in [0.1, 0.15) is 0 Å². The Bertz CT molecular complexity index is 777. The van der Waals surface area contributed by atoms with Crippen molar-refractivity contribution in [1.29, 1.82) is 0 Å². The minimum Gasteiger partial charge on any atom is -0.392 e. The van der Waals surface area contributed by atoms with Crippen LogP contribution in [0, 0.1) is 56.7 Å². The van der Waals surface area contributed by atoms with Crippen LogP contribution in [0.4, 0.5) is 0 Å². The molecule has 5 aliphatic rings. The Hall–Kier alpha value is -0.300.